The van der Waals surface area contributed by atoms with E-state index < -0.39 is 0 Å². The first-order valence-electron chi connectivity index (χ1n) is 12.0. The van der Waals surface area contributed by atoms with Gasteiger partial charge in [-0.2, -0.15) is 5.10 Å². The van der Waals surface area contributed by atoms with E-state index in [2.05, 4.69) is 104 Å². The quantitative estimate of drug-likeness (QED) is 0.247. The normalized spacial score (nSPS) is 11.6. The summed E-state index contributed by atoms with van der Waals surface area (Å²) in [7, 11) is 0. The van der Waals surface area contributed by atoms with Gasteiger partial charge in [-0.05, 0) is 54.8 Å². The van der Waals surface area contributed by atoms with E-state index in [9.17, 15) is 0 Å². The number of aromatic nitrogens is 6. The molecule has 7 nitrogen and oxygen atoms in total. The summed E-state index contributed by atoms with van der Waals surface area (Å²) in [5.41, 5.74) is 9.92. The fourth-order valence-electron chi connectivity index (χ4n) is 4.44. The number of aromatic amines is 2. The van der Waals surface area contributed by atoms with Crippen molar-refractivity contribution in [3.8, 4) is 28.2 Å². The monoisotopic (exact) mass is 473 g/mol. The molecule has 4 heterocycles. The van der Waals surface area contributed by atoms with Crippen molar-refractivity contribution < 1.29 is 0 Å². The summed E-state index contributed by atoms with van der Waals surface area (Å²) in [6, 6.07) is 16.8. The maximum Gasteiger partial charge on any atom is 0.116 e. The maximum absolute atomic E-state index is 4.66. The molecule has 0 unspecified atom stereocenters. The molecule has 0 atom stereocenters. The van der Waals surface area contributed by atoms with Crippen molar-refractivity contribution >= 4 is 27.5 Å². The molecule has 0 aliphatic rings. The molecule has 0 saturated heterocycles. The summed E-state index contributed by atoms with van der Waals surface area (Å²) in [5, 5.41) is 13.4. The summed E-state index contributed by atoms with van der Waals surface area (Å²) in [6.45, 7) is 10.3. The number of hydrogen-bond acceptors (Lipinski definition) is 4. The third-order valence-corrected chi connectivity index (χ3v) is 6.52. The molecule has 6 aromatic rings. The number of rotatable bonds is 6. The minimum atomic E-state index is 0.341. The van der Waals surface area contributed by atoms with Gasteiger partial charge in [0, 0.05) is 39.9 Å². The number of nitrogens with one attached hydrogen (secondary N) is 3. The first-order valence-corrected chi connectivity index (χ1v) is 12.0. The number of hydrogen-bond donors (Lipinski definition) is 3. The number of pyridine rings is 1. The van der Waals surface area contributed by atoms with Crippen LogP contribution in [-0.4, -0.2) is 29.7 Å². The average Bonchev–Trinajstić information content (AvgIpc) is 3.61. The van der Waals surface area contributed by atoms with Gasteiger partial charge >= 0.3 is 0 Å². The summed E-state index contributed by atoms with van der Waals surface area (Å²) >= 11 is 0. The van der Waals surface area contributed by atoms with Gasteiger partial charge in [0.15, 0.2) is 0 Å². The largest absolute Gasteiger partial charge is 0.358 e. The molecule has 0 radical (unpaired) electrons. The Hall–Kier alpha value is -4.65. The van der Waals surface area contributed by atoms with Crippen LogP contribution in [0.2, 0.25) is 0 Å². The third-order valence-electron chi connectivity index (χ3n) is 6.52. The predicted molar refractivity (Wildman–Crippen MR) is 146 cm³/mol. The smallest absolute Gasteiger partial charge is 0.116 e. The Morgan fingerprint density at radius 1 is 1.00 bits per heavy atom. The highest BCUT2D eigenvalue weighted by Gasteiger charge is 2.15. The lowest BCUT2D eigenvalue weighted by atomic mass is 10.0. The number of allylic oxidation sites excluding steroid dienone is 1. The van der Waals surface area contributed by atoms with Gasteiger partial charge in [0.05, 0.1) is 40.8 Å². The van der Waals surface area contributed by atoms with E-state index >= 15 is 0 Å². The van der Waals surface area contributed by atoms with Gasteiger partial charge in [-0.15, -0.1) is 0 Å². The van der Waals surface area contributed by atoms with Crippen molar-refractivity contribution in [2.45, 2.75) is 20.8 Å². The SMILES string of the molecule is C=C(Nc1cncc(-c2ccc3[nH]nc(-c4cc5c(-n6cnc(C)c6)cccc5[nH]4)c3c2)c1)C(C)C. The topological polar surface area (TPSA) is 87.2 Å². The highest BCUT2D eigenvalue weighted by molar-refractivity contribution is 5.99. The van der Waals surface area contributed by atoms with E-state index in [0.29, 0.717) is 5.92 Å². The second-order valence-corrected chi connectivity index (χ2v) is 9.44. The van der Waals surface area contributed by atoms with E-state index in [-0.39, 0.29) is 0 Å². The molecule has 3 N–H and O–H groups in total. The van der Waals surface area contributed by atoms with E-state index in [1.807, 2.05) is 31.8 Å². The van der Waals surface area contributed by atoms with Crippen LogP contribution in [0.15, 0.2) is 85.7 Å². The van der Waals surface area contributed by atoms with E-state index in [1.165, 1.54) is 0 Å². The molecule has 0 aliphatic heterocycles. The van der Waals surface area contributed by atoms with E-state index in [0.717, 1.165) is 67.1 Å². The minimum absolute atomic E-state index is 0.341. The van der Waals surface area contributed by atoms with Crippen LogP contribution in [0, 0.1) is 12.8 Å². The molecule has 7 heteroatoms. The Morgan fingerprint density at radius 3 is 2.69 bits per heavy atom. The van der Waals surface area contributed by atoms with Crippen molar-refractivity contribution in [2.24, 2.45) is 5.92 Å². The average molecular weight is 474 g/mol. The molecule has 6 rings (SSSR count). The van der Waals surface area contributed by atoms with Gasteiger partial charge in [-0.1, -0.05) is 32.6 Å². The Bertz CT molecular complexity index is 1730. The molecule has 178 valence electrons. The lowest BCUT2D eigenvalue weighted by Crippen LogP contribution is -2.04. The zero-order valence-electron chi connectivity index (χ0n) is 20.5. The van der Waals surface area contributed by atoms with E-state index in [4.69, 9.17) is 0 Å². The Morgan fingerprint density at radius 2 is 1.89 bits per heavy atom. The zero-order valence-corrected chi connectivity index (χ0v) is 20.5. The lowest BCUT2D eigenvalue weighted by molar-refractivity contribution is 0.778. The molecule has 2 aromatic carbocycles. The van der Waals surface area contributed by atoms with Crippen molar-refractivity contribution in [2.75, 3.05) is 5.32 Å². The van der Waals surface area contributed by atoms with Gasteiger partial charge in [0.2, 0.25) is 0 Å². The van der Waals surface area contributed by atoms with Crippen molar-refractivity contribution in [3.05, 3.63) is 91.4 Å². The molecule has 4 aromatic heterocycles. The molecule has 0 saturated carbocycles. The molecule has 36 heavy (non-hydrogen) atoms. The minimum Gasteiger partial charge on any atom is -0.358 e. The third kappa shape index (κ3) is 3.84. The lowest BCUT2D eigenvalue weighted by Gasteiger charge is -2.13. The summed E-state index contributed by atoms with van der Waals surface area (Å²) in [4.78, 5) is 12.4. The molecule has 0 amide bonds. The van der Waals surface area contributed by atoms with Crippen molar-refractivity contribution in [1.29, 1.82) is 0 Å². The number of imidazole rings is 1. The van der Waals surface area contributed by atoms with Crippen molar-refractivity contribution in [3.63, 3.8) is 0 Å². The van der Waals surface area contributed by atoms with Gasteiger partial charge in [0.25, 0.3) is 0 Å². The fourth-order valence-corrected chi connectivity index (χ4v) is 4.44. The van der Waals surface area contributed by atoms with Gasteiger partial charge in [-0.3, -0.25) is 10.1 Å². The second-order valence-electron chi connectivity index (χ2n) is 9.44. The number of aryl methyl sites for hydroxylation is 1. The molecular weight excluding hydrogens is 446 g/mol. The highest BCUT2D eigenvalue weighted by Crippen LogP contribution is 2.34. The number of nitrogens with zero attached hydrogens (tertiary/aromatic N) is 4. The Labute approximate surface area is 208 Å². The van der Waals surface area contributed by atoms with E-state index in [1.54, 1.807) is 0 Å². The summed E-state index contributed by atoms with van der Waals surface area (Å²) in [5.74, 6) is 0.341. The fraction of sp³-hybridized carbons (Fsp3) is 0.138. The van der Waals surface area contributed by atoms with Gasteiger partial charge in [0.1, 0.15) is 5.69 Å². The van der Waals surface area contributed by atoms with Crippen LogP contribution >= 0.6 is 0 Å². The first-order chi connectivity index (χ1) is 17.5. The Kier molecular flexibility index (Phi) is 5.18. The molecule has 0 aliphatic carbocycles. The molecular formula is C29H27N7. The van der Waals surface area contributed by atoms with Crippen LogP contribution in [0.25, 0.3) is 50.0 Å². The zero-order chi connectivity index (χ0) is 24.8. The van der Waals surface area contributed by atoms with Crippen molar-refractivity contribution in [1.82, 2.24) is 29.7 Å². The predicted octanol–water partition coefficient (Wildman–Crippen LogP) is 6.85. The van der Waals surface area contributed by atoms with Crippen LogP contribution in [0.1, 0.15) is 19.5 Å². The highest BCUT2D eigenvalue weighted by atomic mass is 15.1. The van der Waals surface area contributed by atoms with Gasteiger partial charge < -0.3 is 14.9 Å². The maximum atomic E-state index is 4.66. The van der Waals surface area contributed by atoms with Gasteiger partial charge in [-0.25, -0.2) is 4.98 Å². The van der Waals surface area contributed by atoms with Crippen LogP contribution < -0.4 is 5.32 Å². The summed E-state index contributed by atoms with van der Waals surface area (Å²) in [6.07, 6.45) is 7.58. The molecule has 0 fully saturated rings. The van der Waals surface area contributed by atoms with Crippen LogP contribution in [0.5, 0.6) is 0 Å². The standard InChI is InChI=1S/C29H27N7/c1-17(2)19(4)32-22-10-21(13-30-14-22)20-8-9-26-24(11-20)29(35-34-26)27-12-23-25(33-27)6-5-7-28(23)36-15-18(3)31-16-36/h5-17,32-33H,4H2,1-3H3,(H,34,35). The molecule has 0 bridgehead atoms. The first kappa shape index (κ1) is 21.9. The number of anilines is 1. The number of H-pyrrole nitrogens is 2. The number of fused-ring (bicyclic) bond motifs is 2. The van der Waals surface area contributed by atoms with Crippen LogP contribution in [0.3, 0.4) is 0 Å². The Balaban J connectivity index is 1.41. The van der Waals surface area contributed by atoms with Crippen LogP contribution in [0.4, 0.5) is 5.69 Å². The second kappa shape index (κ2) is 8.53. The summed E-state index contributed by atoms with van der Waals surface area (Å²) < 4.78 is 2.05. The molecule has 0 spiro atoms. The number of benzene rings is 2. The van der Waals surface area contributed by atoms with Crippen LogP contribution in [-0.2, 0) is 0 Å².